The number of fused-ring (bicyclic) bond motifs is 1. The van der Waals surface area contributed by atoms with Crippen LogP contribution in [0.3, 0.4) is 0 Å². The molecule has 0 aromatic heterocycles. The first-order chi connectivity index (χ1) is 15.4. The second-order valence-corrected chi connectivity index (χ2v) is 9.70. The zero-order valence-electron chi connectivity index (χ0n) is 21.6. The predicted molar refractivity (Wildman–Crippen MR) is 115 cm³/mol. The molecule has 0 amide bonds. The Morgan fingerprint density at radius 3 is 2.80 bits per heavy atom. The number of hydrogen-bond acceptors (Lipinski definition) is 5. The van der Waals surface area contributed by atoms with Crippen molar-refractivity contribution in [3.8, 4) is 0 Å². The highest BCUT2D eigenvalue weighted by atomic mass is 16.6. The maximum Gasteiger partial charge on any atom is 0.311 e. The number of aliphatic hydroxyl groups excluding tert-OH is 1. The number of esters is 2. The van der Waals surface area contributed by atoms with Gasteiger partial charge in [0.2, 0.25) is 0 Å². The highest BCUT2D eigenvalue weighted by Crippen LogP contribution is 2.45. The van der Waals surface area contributed by atoms with Crippen LogP contribution < -0.4 is 0 Å². The van der Waals surface area contributed by atoms with Crippen LogP contribution in [0.2, 0.25) is 0 Å². The third kappa shape index (κ3) is 5.16. The van der Waals surface area contributed by atoms with E-state index in [0.717, 1.165) is 12.0 Å². The third-order valence-corrected chi connectivity index (χ3v) is 7.07. The number of hydrogen-bond donors (Lipinski definition) is 1. The van der Waals surface area contributed by atoms with Gasteiger partial charge in [0.25, 0.3) is 0 Å². The van der Waals surface area contributed by atoms with Crippen LogP contribution in [-0.4, -0.2) is 35.4 Å². The lowest BCUT2D eigenvalue weighted by Gasteiger charge is -2.44. The Balaban J connectivity index is 1.80. The molecule has 0 bridgehead atoms. The van der Waals surface area contributed by atoms with Crippen molar-refractivity contribution in [1.82, 2.24) is 0 Å². The Bertz CT molecular complexity index is 804. The van der Waals surface area contributed by atoms with E-state index in [0.29, 0.717) is 19.3 Å². The van der Waals surface area contributed by atoms with E-state index in [1.165, 1.54) is 6.92 Å². The fourth-order valence-electron chi connectivity index (χ4n) is 5.05. The molecule has 5 heteroatoms. The summed E-state index contributed by atoms with van der Waals surface area (Å²) in [7, 11) is 0. The Morgan fingerprint density at radius 2 is 2.13 bits per heavy atom. The van der Waals surface area contributed by atoms with Crippen molar-refractivity contribution in [2.45, 2.75) is 91.4 Å². The summed E-state index contributed by atoms with van der Waals surface area (Å²) in [6, 6.07) is 0. The third-order valence-electron chi connectivity index (χ3n) is 7.07. The summed E-state index contributed by atoms with van der Waals surface area (Å²) in [6.07, 6.45) is 7.82. The van der Waals surface area contributed by atoms with Gasteiger partial charge in [0.15, 0.2) is 0 Å². The molecule has 30 heavy (non-hydrogen) atoms. The van der Waals surface area contributed by atoms with Gasteiger partial charge in [-0.25, -0.2) is 0 Å². The molecule has 0 aromatic rings. The van der Waals surface area contributed by atoms with Gasteiger partial charge in [0.05, 0.1) is 17.9 Å². The Hall–Kier alpha value is -1.62. The molecule has 1 N–H and O–H groups in total. The summed E-state index contributed by atoms with van der Waals surface area (Å²) >= 11 is 0. The minimum atomic E-state index is -2.44. The van der Waals surface area contributed by atoms with E-state index in [1.807, 2.05) is 0 Å². The summed E-state index contributed by atoms with van der Waals surface area (Å²) in [5.41, 5.74) is -0.419. The van der Waals surface area contributed by atoms with Gasteiger partial charge in [-0.15, -0.1) is 0 Å². The first-order valence-electron chi connectivity index (χ1n) is 12.8. The summed E-state index contributed by atoms with van der Waals surface area (Å²) in [5, 5.41) is 9.94. The van der Waals surface area contributed by atoms with E-state index >= 15 is 0 Å². The van der Waals surface area contributed by atoms with Gasteiger partial charge in [0, 0.05) is 16.5 Å². The molecule has 168 valence electrons. The maximum atomic E-state index is 13.2. The largest absolute Gasteiger partial charge is 0.462 e. The van der Waals surface area contributed by atoms with E-state index < -0.39 is 30.4 Å². The van der Waals surface area contributed by atoms with Crippen LogP contribution in [0, 0.1) is 29.1 Å². The average Bonchev–Trinajstić information content (AvgIpc) is 2.70. The Morgan fingerprint density at radius 1 is 1.37 bits per heavy atom. The van der Waals surface area contributed by atoms with Gasteiger partial charge in [-0.05, 0) is 62.8 Å². The fourth-order valence-corrected chi connectivity index (χ4v) is 5.05. The van der Waals surface area contributed by atoms with Crippen molar-refractivity contribution < 1.29 is 28.3 Å². The maximum absolute atomic E-state index is 13.2. The number of rotatable bonds is 6. The molecule has 8 atom stereocenters. The number of allylic oxidation sites excluding steroid dienone is 3. The fraction of sp³-hybridized carbons (Fsp3) is 0.760. The minimum absolute atomic E-state index is 0.0351. The van der Waals surface area contributed by atoms with Crippen molar-refractivity contribution >= 4 is 11.9 Å². The monoisotopic (exact) mass is 421 g/mol. The summed E-state index contributed by atoms with van der Waals surface area (Å²) in [4.78, 5) is 24.9. The van der Waals surface area contributed by atoms with Gasteiger partial charge in [0.1, 0.15) is 12.2 Å². The normalized spacial score (nSPS) is 40.0. The quantitative estimate of drug-likeness (QED) is 0.635. The van der Waals surface area contributed by atoms with Gasteiger partial charge in [-0.2, -0.15) is 0 Å². The van der Waals surface area contributed by atoms with Crippen molar-refractivity contribution in [3.63, 3.8) is 0 Å². The summed E-state index contributed by atoms with van der Waals surface area (Å²) in [5.74, 6) is -0.461. The van der Waals surface area contributed by atoms with Gasteiger partial charge in [-0.1, -0.05) is 39.0 Å². The molecule has 1 aliphatic heterocycles. The first-order valence-corrected chi connectivity index (χ1v) is 11.3. The Kier molecular flexibility index (Phi) is 5.89. The van der Waals surface area contributed by atoms with Crippen LogP contribution >= 0.6 is 0 Å². The molecule has 2 aliphatic carbocycles. The molecule has 1 saturated heterocycles. The molecule has 1 heterocycles. The second kappa shape index (κ2) is 9.25. The summed E-state index contributed by atoms with van der Waals surface area (Å²) < 4.78 is 35.1. The summed E-state index contributed by atoms with van der Waals surface area (Å²) in [6.45, 7) is 4.94. The molecule has 0 saturated carbocycles. The van der Waals surface area contributed by atoms with Crippen molar-refractivity contribution in [2.24, 2.45) is 29.1 Å². The first kappa shape index (κ1) is 19.1. The zero-order valence-corrected chi connectivity index (χ0v) is 18.6. The SMILES string of the molecule is [2H]C([2H])([2H])C(C)(CC)C(=O)O[C@H]1C[C@@H](C)C=C2C=C[C@H](C)[C@H](CCC3C[C@@H](O)CC(=O)O3)[C@H]21. The lowest BCUT2D eigenvalue weighted by Crippen LogP contribution is -2.43. The van der Waals surface area contributed by atoms with Crippen LogP contribution in [-0.2, 0) is 19.1 Å². The average molecular weight is 422 g/mol. The van der Waals surface area contributed by atoms with Crippen molar-refractivity contribution in [3.05, 3.63) is 23.8 Å². The highest BCUT2D eigenvalue weighted by Gasteiger charge is 2.43. The van der Waals surface area contributed by atoms with Crippen molar-refractivity contribution in [1.29, 1.82) is 0 Å². The molecule has 0 radical (unpaired) electrons. The van der Waals surface area contributed by atoms with E-state index in [4.69, 9.17) is 13.6 Å². The van der Waals surface area contributed by atoms with Crippen LogP contribution in [0.15, 0.2) is 23.8 Å². The number of carbonyl (C=O) groups excluding carboxylic acids is 2. The predicted octanol–water partition coefficient (Wildman–Crippen LogP) is 4.59. The lowest BCUT2D eigenvalue weighted by molar-refractivity contribution is -0.166. The second-order valence-electron chi connectivity index (χ2n) is 9.70. The van der Waals surface area contributed by atoms with Gasteiger partial charge in [-0.3, -0.25) is 9.59 Å². The number of aliphatic hydroxyl groups is 1. The van der Waals surface area contributed by atoms with Crippen LogP contribution in [0.4, 0.5) is 0 Å². The molecule has 3 rings (SSSR count). The Labute approximate surface area is 185 Å². The van der Waals surface area contributed by atoms with Crippen molar-refractivity contribution in [2.75, 3.05) is 0 Å². The molecular weight excluding hydrogens is 380 g/mol. The number of ether oxygens (including phenoxy) is 2. The molecule has 2 unspecified atom stereocenters. The molecule has 0 spiro atoms. The zero-order chi connectivity index (χ0) is 24.6. The molecule has 1 fully saturated rings. The number of cyclic esters (lactones) is 1. The van der Waals surface area contributed by atoms with E-state index in [9.17, 15) is 14.7 Å². The van der Waals surface area contributed by atoms with Gasteiger partial charge >= 0.3 is 11.9 Å². The van der Waals surface area contributed by atoms with E-state index in [1.54, 1.807) is 6.92 Å². The molecule has 0 aromatic carbocycles. The minimum Gasteiger partial charge on any atom is -0.462 e. The lowest BCUT2D eigenvalue weighted by atomic mass is 9.65. The van der Waals surface area contributed by atoms with Gasteiger partial charge < -0.3 is 14.6 Å². The standard InChI is InChI=1S/C25H38O5/c1-6-25(4,5)24(28)30-21-12-15(2)11-17-8-7-16(3)20(23(17)21)10-9-19-13-18(26)14-22(27)29-19/h7-8,11,15-16,18-21,23,26H,6,9-10,12-14H2,1-5H3/t15-,16-,18+,19?,20-,21-,23-/m0/s1/i4D3/t15-,16-,18+,19?,20-,21-,23-,25?. The van der Waals surface area contributed by atoms with E-state index in [-0.39, 0.29) is 48.6 Å². The molecule has 5 nitrogen and oxygen atoms in total. The van der Waals surface area contributed by atoms with Crippen LogP contribution in [0.1, 0.15) is 77.2 Å². The molecule has 3 aliphatic rings. The van der Waals surface area contributed by atoms with E-state index in [2.05, 4.69) is 32.1 Å². The molecular formula is C25H38O5. The smallest absolute Gasteiger partial charge is 0.311 e. The highest BCUT2D eigenvalue weighted by molar-refractivity contribution is 5.76. The number of carbonyl (C=O) groups is 2. The van der Waals surface area contributed by atoms with Crippen LogP contribution in [0.5, 0.6) is 0 Å². The van der Waals surface area contributed by atoms with Crippen LogP contribution in [0.25, 0.3) is 0 Å². The topological polar surface area (TPSA) is 72.8 Å².